The van der Waals surface area contributed by atoms with Gasteiger partial charge in [-0.3, -0.25) is 19.2 Å². The summed E-state index contributed by atoms with van der Waals surface area (Å²) in [7, 11) is 0. The minimum Gasteiger partial charge on any atom is -0.466 e. The van der Waals surface area contributed by atoms with Crippen molar-refractivity contribution in [3.05, 3.63) is 0 Å². The monoisotopic (exact) mass is 485 g/mol. The number of carbonyl (C=O) groups is 4. The Morgan fingerprint density at radius 1 is 0.735 bits per heavy atom. The molecule has 4 atom stereocenters. The Kier molecular flexibility index (Phi) is 14.7. The van der Waals surface area contributed by atoms with Gasteiger partial charge < -0.3 is 25.8 Å². The van der Waals surface area contributed by atoms with Crippen LogP contribution in [0.2, 0.25) is 0 Å². The van der Waals surface area contributed by atoms with Gasteiger partial charge in [0.1, 0.15) is 12.1 Å². The van der Waals surface area contributed by atoms with Crippen molar-refractivity contribution in [3.8, 4) is 0 Å². The molecule has 0 heterocycles. The van der Waals surface area contributed by atoms with E-state index in [1.54, 1.807) is 20.8 Å². The van der Waals surface area contributed by atoms with Crippen LogP contribution in [0.25, 0.3) is 0 Å². The summed E-state index contributed by atoms with van der Waals surface area (Å²) in [6, 6.07) is -2.33. The van der Waals surface area contributed by atoms with Crippen LogP contribution in [0.5, 0.6) is 0 Å². The van der Waals surface area contributed by atoms with E-state index in [1.165, 1.54) is 0 Å². The molecule has 0 radical (unpaired) electrons. The van der Waals surface area contributed by atoms with Crippen LogP contribution in [0, 0.1) is 23.7 Å². The third-order valence-corrected chi connectivity index (χ3v) is 5.30. The summed E-state index contributed by atoms with van der Waals surface area (Å²) in [4.78, 5) is 50.2. The zero-order chi connectivity index (χ0) is 26.6. The lowest BCUT2D eigenvalue weighted by Gasteiger charge is -2.30. The molecule has 0 fully saturated rings. The van der Waals surface area contributed by atoms with Crippen molar-refractivity contribution in [2.24, 2.45) is 23.7 Å². The molecule has 0 aromatic heterocycles. The quantitative estimate of drug-likeness (QED) is 0.263. The molecule has 4 N–H and O–H groups in total. The number of nitrogens with one attached hydrogen (secondary N) is 3. The first-order valence-electron chi connectivity index (χ1n) is 12.4. The first kappa shape index (κ1) is 31.8. The minimum atomic E-state index is -1.12. The smallest absolute Gasteiger partial charge is 0.308 e. The van der Waals surface area contributed by atoms with Crippen molar-refractivity contribution in [3.63, 3.8) is 0 Å². The SMILES string of the molecule is CCOC(=O)C[C@H](O)[C@H](CC(C)C)NC(=O)[C@@H](NC(=O)[C@H](NC(=O)CC(C)C)C(C)C)C(C)C. The van der Waals surface area contributed by atoms with E-state index >= 15 is 0 Å². The Hall–Kier alpha value is -2.16. The number of esters is 1. The van der Waals surface area contributed by atoms with Crippen LogP contribution in [-0.2, 0) is 23.9 Å². The van der Waals surface area contributed by atoms with Crippen LogP contribution in [0.3, 0.4) is 0 Å². The standard InChI is InChI=1S/C25H47N3O6/c1-10-34-21(31)13-19(29)18(11-14(2)3)26-24(32)23(17(8)9)28-25(33)22(16(6)7)27-20(30)12-15(4)5/h14-19,22-23,29H,10-13H2,1-9H3,(H,26,32)(H,27,30)(H,28,33)/t18-,19-,22+,23-/m0/s1. The van der Waals surface area contributed by atoms with Crippen LogP contribution < -0.4 is 16.0 Å². The fraction of sp³-hybridized carbons (Fsp3) is 0.840. The highest BCUT2D eigenvalue weighted by atomic mass is 16.5. The van der Waals surface area contributed by atoms with E-state index in [-0.39, 0.29) is 42.6 Å². The predicted molar refractivity (Wildman–Crippen MR) is 132 cm³/mol. The molecule has 0 bridgehead atoms. The number of hydrogen-bond donors (Lipinski definition) is 4. The highest BCUT2D eigenvalue weighted by molar-refractivity contribution is 5.92. The third-order valence-electron chi connectivity index (χ3n) is 5.30. The normalized spacial score (nSPS) is 15.1. The van der Waals surface area contributed by atoms with E-state index in [0.29, 0.717) is 12.8 Å². The topological polar surface area (TPSA) is 134 Å². The summed E-state index contributed by atoms with van der Waals surface area (Å²) in [5.41, 5.74) is 0. The molecule has 0 spiro atoms. The van der Waals surface area contributed by atoms with Crippen LogP contribution in [0.15, 0.2) is 0 Å². The Balaban J connectivity index is 5.46. The molecule has 198 valence electrons. The Morgan fingerprint density at radius 3 is 1.68 bits per heavy atom. The second-order valence-corrected chi connectivity index (χ2v) is 10.4. The number of carbonyl (C=O) groups excluding carboxylic acids is 4. The van der Waals surface area contributed by atoms with Crippen molar-refractivity contribution in [2.75, 3.05) is 6.61 Å². The number of rotatable bonds is 15. The molecule has 0 aliphatic carbocycles. The molecule has 34 heavy (non-hydrogen) atoms. The van der Waals surface area contributed by atoms with E-state index < -0.39 is 42.0 Å². The highest BCUT2D eigenvalue weighted by Gasteiger charge is 2.33. The van der Waals surface area contributed by atoms with Crippen LogP contribution in [-0.4, -0.2) is 59.6 Å². The molecule has 0 saturated heterocycles. The van der Waals surface area contributed by atoms with Crippen LogP contribution in [0.4, 0.5) is 0 Å². The molecule has 0 saturated carbocycles. The molecule has 9 nitrogen and oxygen atoms in total. The molecule has 0 aromatic rings. The summed E-state index contributed by atoms with van der Waals surface area (Å²) in [5.74, 6) is -1.75. The van der Waals surface area contributed by atoms with E-state index in [1.807, 2.05) is 41.5 Å². The minimum absolute atomic E-state index is 0.149. The van der Waals surface area contributed by atoms with Gasteiger partial charge in [-0.1, -0.05) is 55.4 Å². The highest BCUT2D eigenvalue weighted by Crippen LogP contribution is 2.14. The number of ether oxygens (including phenoxy) is 1. The lowest BCUT2D eigenvalue weighted by Crippen LogP contribution is -2.59. The second kappa shape index (κ2) is 15.7. The van der Waals surface area contributed by atoms with Gasteiger partial charge >= 0.3 is 5.97 Å². The van der Waals surface area contributed by atoms with E-state index in [2.05, 4.69) is 16.0 Å². The van der Waals surface area contributed by atoms with Gasteiger partial charge in [0, 0.05) is 6.42 Å². The summed E-state index contributed by atoms with van der Waals surface area (Å²) in [6.45, 7) is 16.9. The number of hydrogen-bond acceptors (Lipinski definition) is 6. The predicted octanol–water partition coefficient (Wildman–Crippen LogP) is 2.16. The van der Waals surface area contributed by atoms with Gasteiger partial charge in [-0.25, -0.2) is 0 Å². The molecule has 0 aromatic carbocycles. The molecule has 0 aliphatic heterocycles. The first-order chi connectivity index (χ1) is 15.7. The van der Waals surface area contributed by atoms with Crippen LogP contribution in [0.1, 0.15) is 81.6 Å². The fourth-order valence-electron chi connectivity index (χ4n) is 3.54. The van der Waals surface area contributed by atoms with E-state index in [9.17, 15) is 24.3 Å². The average Bonchev–Trinajstić information content (AvgIpc) is 2.68. The maximum atomic E-state index is 13.1. The van der Waals surface area contributed by atoms with Crippen LogP contribution >= 0.6 is 0 Å². The van der Waals surface area contributed by atoms with Gasteiger partial charge in [0.25, 0.3) is 0 Å². The number of aliphatic hydroxyl groups excluding tert-OH is 1. The zero-order valence-electron chi connectivity index (χ0n) is 22.4. The number of aliphatic hydroxyl groups is 1. The second-order valence-electron chi connectivity index (χ2n) is 10.4. The van der Waals surface area contributed by atoms with Gasteiger partial charge in [0.15, 0.2) is 0 Å². The third kappa shape index (κ3) is 12.3. The average molecular weight is 486 g/mol. The molecule has 0 rings (SSSR count). The van der Waals surface area contributed by atoms with Crippen molar-refractivity contribution in [1.82, 2.24) is 16.0 Å². The number of amides is 3. The van der Waals surface area contributed by atoms with Crippen molar-refractivity contribution in [2.45, 2.75) is 106 Å². The van der Waals surface area contributed by atoms with Crippen molar-refractivity contribution in [1.29, 1.82) is 0 Å². The maximum Gasteiger partial charge on any atom is 0.308 e. The summed E-state index contributed by atoms with van der Waals surface area (Å²) >= 11 is 0. The lowest BCUT2D eigenvalue weighted by molar-refractivity contribution is -0.146. The molecular formula is C25H47N3O6. The Labute approximate surface area is 205 Å². The Morgan fingerprint density at radius 2 is 1.24 bits per heavy atom. The summed E-state index contributed by atoms with van der Waals surface area (Å²) in [6.07, 6.45) is -0.598. The lowest BCUT2D eigenvalue weighted by atomic mass is 9.95. The maximum absolute atomic E-state index is 13.1. The van der Waals surface area contributed by atoms with Gasteiger partial charge in [-0.05, 0) is 37.0 Å². The summed E-state index contributed by atoms with van der Waals surface area (Å²) < 4.78 is 4.91. The molecule has 0 unspecified atom stereocenters. The Bertz CT molecular complexity index is 663. The van der Waals surface area contributed by atoms with Gasteiger partial charge in [-0.2, -0.15) is 0 Å². The molecule has 3 amide bonds. The first-order valence-corrected chi connectivity index (χ1v) is 12.4. The largest absolute Gasteiger partial charge is 0.466 e. The van der Waals surface area contributed by atoms with Gasteiger partial charge in [-0.15, -0.1) is 0 Å². The molecule has 0 aliphatic rings. The van der Waals surface area contributed by atoms with E-state index in [0.717, 1.165) is 0 Å². The van der Waals surface area contributed by atoms with Crippen molar-refractivity contribution >= 4 is 23.7 Å². The van der Waals surface area contributed by atoms with Crippen molar-refractivity contribution < 1.29 is 29.0 Å². The molecule has 9 heteroatoms. The van der Waals surface area contributed by atoms with E-state index in [4.69, 9.17) is 4.74 Å². The fourth-order valence-corrected chi connectivity index (χ4v) is 3.54. The summed E-state index contributed by atoms with van der Waals surface area (Å²) in [5, 5.41) is 19.0. The van der Waals surface area contributed by atoms with Gasteiger partial charge in [0.2, 0.25) is 17.7 Å². The van der Waals surface area contributed by atoms with Gasteiger partial charge in [0.05, 0.1) is 25.2 Å². The molecular weight excluding hydrogens is 438 g/mol. The zero-order valence-corrected chi connectivity index (χ0v) is 22.4.